The number of aliphatic hydroxyl groups excluding tert-OH is 1. The molecule has 1 aliphatic rings. The van der Waals surface area contributed by atoms with E-state index in [0.717, 1.165) is 0 Å². The summed E-state index contributed by atoms with van der Waals surface area (Å²) in [6.45, 7) is 3.04. The summed E-state index contributed by atoms with van der Waals surface area (Å²) in [6.07, 6.45) is -3.91. The number of nitrogens with two attached hydrogens (primary N) is 1. The average molecular weight is 633 g/mol. The Morgan fingerprint density at radius 2 is 2.05 bits per heavy atom. The van der Waals surface area contributed by atoms with Crippen LogP contribution in [0.4, 0.5) is 10.3 Å². The normalized spacial score (nSPS) is 24.7. The molecular weight excluding hydrogens is 602 g/mol. The third-order valence-electron chi connectivity index (χ3n) is 5.75. The molecule has 0 spiro atoms. The van der Waals surface area contributed by atoms with Gasteiger partial charge in [0, 0.05) is 0 Å². The number of halogens is 2. The van der Waals surface area contributed by atoms with Crippen LogP contribution in [0.3, 0.4) is 0 Å². The molecule has 224 valence electrons. The predicted molar refractivity (Wildman–Crippen MR) is 152 cm³/mol. The van der Waals surface area contributed by atoms with Gasteiger partial charge in [0.2, 0.25) is 11.8 Å². The Bertz CT molecular complexity index is 1420. The second kappa shape index (κ2) is 12.7. The van der Waals surface area contributed by atoms with Gasteiger partial charge in [-0.05, 0) is 51.6 Å². The number of para-hydroxylation sites is 1. The monoisotopic (exact) mass is 632 g/mol. The van der Waals surface area contributed by atoms with Crippen molar-refractivity contribution in [3.05, 3.63) is 36.7 Å². The fourth-order valence-corrected chi connectivity index (χ4v) is 6.64. The summed E-state index contributed by atoms with van der Waals surface area (Å²) in [6, 6.07) is 7.64. The molecule has 13 nitrogen and oxygen atoms in total. The van der Waals surface area contributed by atoms with Gasteiger partial charge in [0.1, 0.15) is 24.0 Å². The summed E-state index contributed by atoms with van der Waals surface area (Å²) in [5, 5.41) is 10.9. The minimum atomic E-state index is -3.50. The maximum atomic E-state index is 15.8. The summed E-state index contributed by atoms with van der Waals surface area (Å²) >= 11 is 11.9. The number of ether oxygens (including phenoxy) is 3. The van der Waals surface area contributed by atoms with Gasteiger partial charge in [0.15, 0.2) is 17.4 Å². The molecule has 0 aliphatic carbocycles. The number of rotatable bonds is 12. The highest BCUT2D eigenvalue weighted by Gasteiger charge is 2.58. The number of carbonyl (C=O) groups excluding carboxylic acids is 1. The number of esters is 1. The molecule has 41 heavy (non-hydrogen) atoms. The number of aliphatic hydroxyl groups is 1. The third-order valence-corrected chi connectivity index (χ3v) is 8.66. The SMILES string of the molecule is CCOc1nc(N)nc2c1ncn2[C@@H]1O[C@H](CO[P@@](=S)(N[C@@H](C)C(=O)OC(C)C)Oc2ccccc2)[C@@H](O)[C@@]1(F)Cl. The molecule has 3 aromatic rings. The molecule has 0 saturated carbocycles. The second-order valence-corrected chi connectivity index (χ2v) is 13.0. The van der Waals surface area contributed by atoms with Crippen molar-refractivity contribution in [2.45, 2.75) is 63.4 Å². The Morgan fingerprint density at radius 3 is 2.71 bits per heavy atom. The van der Waals surface area contributed by atoms with Gasteiger partial charge in [-0.25, -0.2) is 14.5 Å². The van der Waals surface area contributed by atoms with E-state index in [1.807, 2.05) is 0 Å². The molecule has 0 bridgehead atoms. The number of carbonyl (C=O) groups is 1. The largest absolute Gasteiger partial charge is 0.476 e. The van der Waals surface area contributed by atoms with Crippen molar-refractivity contribution in [1.82, 2.24) is 24.6 Å². The molecule has 3 heterocycles. The summed E-state index contributed by atoms with van der Waals surface area (Å²) in [5.41, 5.74) is 6.09. The number of nitrogen functional groups attached to an aromatic ring is 1. The van der Waals surface area contributed by atoms with E-state index in [9.17, 15) is 9.90 Å². The number of fused-ring (bicyclic) bond motifs is 1. The third kappa shape index (κ3) is 7.05. The fourth-order valence-electron chi connectivity index (χ4n) is 3.93. The quantitative estimate of drug-likeness (QED) is 0.152. The number of imidazole rings is 1. The molecule has 1 saturated heterocycles. The van der Waals surface area contributed by atoms with Crippen LogP contribution in [0.15, 0.2) is 36.7 Å². The number of benzene rings is 1. The van der Waals surface area contributed by atoms with Crippen LogP contribution in [-0.4, -0.2) is 73.3 Å². The van der Waals surface area contributed by atoms with Gasteiger partial charge >= 0.3 is 12.6 Å². The lowest BCUT2D eigenvalue weighted by molar-refractivity contribution is -0.149. The van der Waals surface area contributed by atoms with Gasteiger partial charge in [-0.1, -0.05) is 29.8 Å². The second-order valence-electron chi connectivity index (χ2n) is 9.32. The van der Waals surface area contributed by atoms with E-state index in [1.165, 1.54) is 10.9 Å². The number of alkyl halides is 2. The number of hydrogen-bond acceptors (Lipinski definition) is 12. The van der Waals surface area contributed by atoms with Crippen molar-refractivity contribution in [1.29, 1.82) is 0 Å². The summed E-state index contributed by atoms with van der Waals surface area (Å²) < 4.78 is 45.4. The highest BCUT2D eigenvalue weighted by atomic mass is 35.5. The Kier molecular flexibility index (Phi) is 9.69. The van der Waals surface area contributed by atoms with E-state index >= 15 is 4.39 Å². The lowest BCUT2D eigenvalue weighted by Crippen LogP contribution is -2.40. The van der Waals surface area contributed by atoms with Crippen molar-refractivity contribution >= 4 is 53.1 Å². The zero-order chi connectivity index (χ0) is 29.9. The van der Waals surface area contributed by atoms with Gasteiger partial charge in [0.25, 0.3) is 5.13 Å². The topological polar surface area (TPSA) is 165 Å². The summed E-state index contributed by atoms with van der Waals surface area (Å²) in [4.78, 5) is 24.8. The van der Waals surface area contributed by atoms with E-state index in [1.54, 1.807) is 58.0 Å². The van der Waals surface area contributed by atoms with Gasteiger partial charge < -0.3 is 34.1 Å². The summed E-state index contributed by atoms with van der Waals surface area (Å²) in [7, 11) is 0. The van der Waals surface area contributed by atoms with E-state index in [0.29, 0.717) is 5.75 Å². The van der Waals surface area contributed by atoms with E-state index in [-0.39, 0.29) is 35.7 Å². The van der Waals surface area contributed by atoms with Crippen molar-refractivity contribution in [2.24, 2.45) is 0 Å². The molecule has 1 fully saturated rings. The average Bonchev–Trinajstić information content (AvgIpc) is 3.41. The number of nitrogens with zero attached hydrogens (tertiary/aromatic N) is 4. The van der Waals surface area contributed by atoms with Crippen molar-refractivity contribution < 1.29 is 37.5 Å². The van der Waals surface area contributed by atoms with Crippen LogP contribution in [0.2, 0.25) is 0 Å². The minimum absolute atomic E-state index is 0.0825. The minimum Gasteiger partial charge on any atom is -0.476 e. The smallest absolute Gasteiger partial charge is 0.323 e. The van der Waals surface area contributed by atoms with Crippen LogP contribution in [0.5, 0.6) is 11.6 Å². The zero-order valence-electron chi connectivity index (χ0n) is 22.6. The fraction of sp³-hybridized carbons (Fsp3) is 0.500. The van der Waals surface area contributed by atoms with Crippen LogP contribution in [0.1, 0.15) is 33.9 Å². The Labute approximate surface area is 245 Å². The molecule has 1 aliphatic heterocycles. The summed E-state index contributed by atoms with van der Waals surface area (Å²) in [5.74, 6) is -0.255. The van der Waals surface area contributed by atoms with Gasteiger partial charge in [0.05, 0.1) is 25.6 Å². The standard InChI is InChI=1S/C24H31ClFN6O7PS/c1-5-35-20-17-19(29-23(27)30-20)32(12-28-17)22-24(25,26)18(33)16(38-22)11-36-40(41,39-15-9-7-6-8-10-15)31-14(4)21(34)37-13(2)3/h6-10,12-14,16,18,22,33H,5,11H2,1-4H3,(H,31,41)(H2,27,29,30)/t14-,16+,18+,22+,24-,40-/m0/s1. The highest BCUT2D eigenvalue weighted by molar-refractivity contribution is 8.09. The lowest BCUT2D eigenvalue weighted by Gasteiger charge is -2.28. The molecule has 0 unspecified atom stereocenters. The van der Waals surface area contributed by atoms with Gasteiger partial charge in [-0.2, -0.15) is 9.97 Å². The zero-order valence-corrected chi connectivity index (χ0v) is 25.1. The van der Waals surface area contributed by atoms with Gasteiger partial charge in [-0.15, -0.1) is 0 Å². The Morgan fingerprint density at radius 1 is 1.34 bits per heavy atom. The van der Waals surface area contributed by atoms with Crippen molar-refractivity contribution in [3.8, 4) is 11.6 Å². The van der Waals surface area contributed by atoms with Crippen molar-refractivity contribution in [2.75, 3.05) is 18.9 Å². The first-order valence-corrected chi connectivity index (χ1v) is 15.7. The molecule has 4 rings (SSSR count). The van der Waals surface area contributed by atoms with Crippen LogP contribution in [0.25, 0.3) is 11.2 Å². The number of aromatic nitrogens is 4. The van der Waals surface area contributed by atoms with Gasteiger partial charge in [-0.3, -0.25) is 9.36 Å². The molecule has 6 atom stereocenters. The first kappa shape index (κ1) is 31.3. The molecule has 0 amide bonds. The van der Waals surface area contributed by atoms with Crippen LogP contribution in [-0.2, 0) is 30.6 Å². The number of nitrogens with one attached hydrogen (secondary N) is 1. The maximum Gasteiger partial charge on any atom is 0.323 e. The first-order valence-electron chi connectivity index (χ1n) is 12.7. The molecule has 2 aromatic heterocycles. The van der Waals surface area contributed by atoms with Crippen LogP contribution in [0, 0.1) is 0 Å². The van der Waals surface area contributed by atoms with Crippen molar-refractivity contribution in [3.63, 3.8) is 0 Å². The first-order chi connectivity index (χ1) is 19.3. The predicted octanol–water partition coefficient (Wildman–Crippen LogP) is 3.22. The molecule has 4 N–H and O–H groups in total. The lowest BCUT2D eigenvalue weighted by atomic mass is 10.1. The van der Waals surface area contributed by atoms with Crippen LogP contribution < -0.4 is 20.1 Å². The van der Waals surface area contributed by atoms with E-state index < -0.39 is 48.8 Å². The number of hydrogen-bond donors (Lipinski definition) is 3. The van der Waals surface area contributed by atoms with E-state index in [2.05, 4.69) is 20.0 Å². The number of anilines is 1. The van der Waals surface area contributed by atoms with E-state index in [4.69, 9.17) is 52.4 Å². The highest BCUT2D eigenvalue weighted by Crippen LogP contribution is 2.49. The maximum absolute atomic E-state index is 15.8. The molecular formula is C24H31ClFN6O7PS. The molecule has 1 aromatic carbocycles. The Balaban J connectivity index is 1.56. The molecule has 0 radical (unpaired) electrons. The molecule has 17 heteroatoms. The Hall–Kier alpha value is -2.65. The van der Waals surface area contributed by atoms with Crippen LogP contribution >= 0.6 is 18.2 Å².